The Morgan fingerprint density at radius 1 is 1.57 bits per heavy atom. The van der Waals surface area contributed by atoms with Gasteiger partial charge in [-0.15, -0.1) is 0 Å². The number of carbonyl (C=O) groups excluding carboxylic acids is 1. The minimum absolute atomic E-state index is 0.265. The molecular formula is C11H16N2O. The van der Waals surface area contributed by atoms with Crippen LogP contribution < -0.4 is 0 Å². The monoisotopic (exact) mass is 192 g/mol. The van der Waals surface area contributed by atoms with Gasteiger partial charge in [0.1, 0.15) is 0 Å². The van der Waals surface area contributed by atoms with Gasteiger partial charge in [0, 0.05) is 18.2 Å². The van der Waals surface area contributed by atoms with Crippen molar-refractivity contribution in [1.29, 1.82) is 0 Å². The smallest absolute Gasteiger partial charge is 0.166 e. The van der Waals surface area contributed by atoms with Crippen LogP contribution in [0.1, 0.15) is 55.2 Å². The highest BCUT2D eigenvalue weighted by molar-refractivity contribution is 5.97. The van der Waals surface area contributed by atoms with Gasteiger partial charge in [0.05, 0.1) is 11.8 Å². The summed E-state index contributed by atoms with van der Waals surface area (Å²) in [6.45, 7) is 4.29. The largest absolute Gasteiger partial charge is 0.294 e. The lowest BCUT2D eigenvalue weighted by molar-refractivity contribution is 0.0971. The van der Waals surface area contributed by atoms with Gasteiger partial charge < -0.3 is 0 Å². The fourth-order valence-corrected chi connectivity index (χ4v) is 1.97. The molecule has 0 bridgehead atoms. The lowest BCUT2D eigenvalue weighted by atomic mass is 9.96. The highest BCUT2D eigenvalue weighted by Crippen LogP contribution is 2.24. The third-order valence-corrected chi connectivity index (χ3v) is 3.02. The van der Waals surface area contributed by atoms with E-state index in [0.717, 1.165) is 30.5 Å². The van der Waals surface area contributed by atoms with Crippen LogP contribution in [0.15, 0.2) is 6.20 Å². The number of rotatable bonds is 2. The first-order valence-corrected chi connectivity index (χ1v) is 5.33. The summed E-state index contributed by atoms with van der Waals surface area (Å²) in [4.78, 5) is 11.6. The van der Waals surface area contributed by atoms with Crippen molar-refractivity contribution < 1.29 is 4.79 Å². The molecule has 3 nitrogen and oxygen atoms in total. The number of hydrogen-bond acceptors (Lipinski definition) is 2. The summed E-state index contributed by atoms with van der Waals surface area (Å²) in [5.74, 6) is 0.265. The molecule has 3 heteroatoms. The Bertz CT molecular complexity index is 354. The summed E-state index contributed by atoms with van der Waals surface area (Å²) in [5.41, 5.74) is 2.01. The predicted octanol–water partition coefficient (Wildman–Crippen LogP) is 2.37. The maximum Gasteiger partial charge on any atom is 0.166 e. The fourth-order valence-electron chi connectivity index (χ4n) is 1.97. The average Bonchev–Trinajstić information content (AvgIpc) is 2.62. The summed E-state index contributed by atoms with van der Waals surface area (Å²) in [6.07, 6.45) is 5.48. The molecule has 0 saturated heterocycles. The standard InChI is InChI=1S/C11H16N2O/c1-3-8(2)13-10-5-4-6-11(14)9(10)7-12-13/h7-8H,3-6H2,1-2H3. The zero-order valence-electron chi connectivity index (χ0n) is 8.79. The molecule has 1 atom stereocenters. The van der Waals surface area contributed by atoms with Crippen LogP contribution in [0.2, 0.25) is 0 Å². The summed E-state index contributed by atoms with van der Waals surface area (Å²) >= 11 is 0. The number of ketones is 1. The molecule has 1 unspecified atom stereocenters. The van der Waals surface area contributed by atoms with Gasteiger partial charge in [-0.05, 0) is 26.2 Å². The second-order valence-electron chi connectivity index (χ2n) is 3.98. The molecule has 1 aromatic rings. The van der Waals surface area contributed by atoms with Crippen molar-refractivity contribution in [1.82, 2.24) is 9.78 Å². The molecule has 2 rings (SSSR count). The van der Waals surface area contributed by atoms with Crippen LogP contribution in [0.25, 0.3) is 0 Å². The molecule has 0 radical (unpaired) electrons. The molecule has 0 amide bonds. The maximum atomic E-state index is 11.6. The molecule has 0 aromatic carbocycles. The average molecular weight is 192 g/mol. The van der Waals surface area contributed by atoms with E-state index in [1.54, 1.807) is 6.20 Å². The van der Waals surface area contributed by atoms with Gasteiger partial charge in [0.15, 0.2) is 5.78 Å². The molecule has 0 fully saturated rings. The lowest BCUT2D eigenvalue weighted by Gasteiger charge is -2.17. The van der Waals surface area contributed by atoms with Crippen molar-refractivity contribution >= 4 is 5.78 Å². The van der Waals surface area contributed by atoms with Crippen LogP contribution in [0.3, 0.4) is 0 Å². The number of fused-ring (bicyclic) bond motifs is 1. The lowest BCUT2D eigenvalue weighted by Crippen LogP contribution is -2.15. The first-order chi connectivity index (χ1) is 6.74. The van der Waals surface area contributed by atoms with Gasteiger partial charge in [-0.2, -0.15) is 5.10 Å². The van der Waals surface area contributed by atoms with Crippen LogP contribution in [0, 0.1) is 0 Å². The topological polar surface area (TPSA) is 34.9 Å². The van der Waals surface area contributed by atoms with Gasteiger partial charge >= 0.3 is 0 Å². The number of nitrogens with zero attached hydrogens (tertiary/aromatic N) is 2. The molecule has 1 aliphatic carbocycles. The third-order valence-electron chi connectivity index (χ3n) is 3.02. The molecule has 0 aliphatic heterocycles. The summed E-state index contributed by atoms with van der Waals surface area (Å²) in [6, 6.07) is 0.407. The van der Waals surface area contributed by atoms with Crippen molar-refractivity contribution in [3.05, 3.63) is 17.5 Å². The molecule has 14 heavy (non-hydrogen) atoms. The molecular weight excluding hydrogens is 176 g/mol. The zero-order chi connectivity index (χ0) is 10.1. The van der Waals surface area contributed by atoms with Gasteiger partial charge in [-0.25, -0.2) is 0 Å². The highest BCUT2D eigenvalue weighted by Gasteiger charge is 2.22. The van der Waals surface area contributed by atoms with E-state index in [1.807, 2.05) is 4.68 Å². The summed E-state index contributed by atoms with van der Waals surface area (Å²) < 4.78 is 2.02. The van der Waals surface area contributed by atoms with Gasteiger partial charge in [-0.3, -0.25) is 9.48 Å². The highest BCUT2D eigenvalue weighted by atomic mass is 16.1. The van der Waals surface area contributed by atoms with E-state index in [-0.39, 0.29) is 5.78 Å². The maximum absolute atomic E-state index is 11.6. The Morgan fingerprint density at radius 2 is 2.36 bits per heavy atom. The molecule has 76 valence electrons. The molecule has 1 aliphatic rings. The summed E-state index contributed by atoms with van der Waals surface area (Å²) in [5, 5.41) is 4.31. The SMILES string of the molecule is CCC(C)n1ncc2c1CCCC2=O. The van der Waals surface area contributed by atoms with E-state index in [4.69, 9.17) is 0 Å². The van der Waals surface area contributed by atoms with Crippen molar-refractivity contribution in [3.63, 3.8) is 0 Å². The van der Waals surface area contributed by atoms with E-state index in [0.29, 0.717) is 12.5 Å². The van der Waals surface area contributed by atoms with E-state index in [9.17, 15) is 4.79 Å². The van der Waals surface area contributed by atoms with E-state index in [2.05, 4.69) is 18.9 Å². The second-order valence-corrected chi connectivity index (χ2v) is 3.98. The van der Waals surface area contributed by atoms with E-state index in [1.165, 1.54) is 0 Å². The Balaban J connectivity index is 2.40. The Labute approximate surface area is 84.1 Å². The summed E-state index contributed by atoms with van der Waals surface area (Å²) in [7, 11) is 0. The van der Waals surface area contributed by atoms with Crippen molar-refractivity contribution in [3.8, 4) is 0 Å². The van der Waals surface area contributed by atoms with Gasteiger partial charge in [-0.1, -0.05) is 6.92 Å². The van der Waals surface area contributed by atoms with E-state index >= 15 is 0 Å². The number of Topliss-reactive ketones (excluding diaryl/α,β-unsaturated/α-hetero) is 1. The number of hydrogen-bond donors (Lipinski definition) is 0. The first-order valence-electron chi connectivity index (χ1n) is 5.33. The minimum Gasteiger partial charge on any atom is -0.294 e. The second kappa shape index (κ2) is 3.56. The van der Waals surface area contributed by atoms with Crippen LogP contribution in [0.5, 0.6) is 0 Å². The van der Waals surface area contributed by atoms with Crippen LogP contribution in [-0.4, -0.2) is 15.6 Å². The zero-order valence-corrected chi connectivity index (χ0v) is 8.79. The van der Waals surface area contributed by atoms with Gasteiger partial charge in [0.2, 0.25) is 0 Å². The van der Waals surface area contributed by atoms with Crippen molar-refractivity contribution in [2.75, 3.05) is 0 Å². The van der Waals surface area contributed by atoms with Crippen LogP contribution >= 0.6 is 0 Å². The van der Waals surface area contributed by atoms with Crippen LogP contribution in [0.4, 0.5) is 0 Å². The molecule has 0 spiro atoms. The molecule has 0 saturated carbocycles. The Hall–Kier alpha value is -1.12. The van der Waals surface area contributed by atoms with Crippen molar-refractivity contribution in [2.24, 2.45) is 0 Å². The molecule has 1 heterocycles. The number of aromatic nitrogens is 2. The molecule has 1 aromatic heterocycles. The molecule has 0 N–H and O–H groups in total. The number of carbonyl (C=O) groups is 1. The minimum atomic E-state index is 0.265. The normalized spacial score (nSPS) is 18.0. The first kappa shape index (κ1) is 9.44. The Morgan fingerprint density at radius 3 is 3.07 bits per heavy atom. The van der Waals surface area contributed by atoms with Crippen LogP contribution in [-0.2, 0) is 6.42 Å². The van der Waals surface area contributed by atoms with Gasteiger partial charge in [0.25, 0.3) is 0 Å². The van der Waals surface area contributed by atoms with Crippen molar-refractivity contribution in [2.45, 2.75) is 45.6 Å². The Kier molecular flexibility index (Phi) is 2.40. The predicted molar refractivity (Wildman–Crippen MR) is 54.5 cm³/mol. The fraction of sp³-hybridized carbons (Fsp3) is 0.636. The van der Waals surface area contributed by atoms with E-state index < -0.39 is 0 Å². The quantitative estimate of drug-likeness (QED) is 0.721. The third kappa shape index (κ3) is 1.37.